The van der Waals surface area contributed by atoms with E-state index in [0.717, 1.165) is 22.4 Å². The molecular formula is C21H23NO6. The van der Waals surface area contributed by atoms with Crippen molar-refractivity contribution in [1.82, 2.24) is 5.32 Å². The van der Waals surface area contributed by atoms with Gasteiger partial charge in [-0.15, -0.1) is 0 Å². The highest BCUT2D eigenvalue weighted by Crippen LogP contribution is 2.24. The van der Waals surface area contributed by atoms with E-state index in [2.05, 4.69) is 5.32 Å². The van der Waals surface area contributed by atoms with E-state index in [1.165, 1.54) is 0 Å². The van der Waals surface area contributed by atoms with Crippen molar-refractivity contribution in [3.05, 3.63) is 54.1 Å². The second kappa shape index (κ2) is 10.1. The van der Waals surface area contributed by atoms with Gasteiger partial charge in [0.15, 0.2) is 0 Å². The molecule has 28 heavy (non-hydrogen) atoms. The van der Waals surface area contributed by atoms with Gasteiger partial charge in [-0.05, 0) is 35.2 Å². The summed E-state index contributed by atoms with van der Waals surface area (Å²) in [6.07, 6.45) is -0.374. The third kappa shape index (κ3) is 6.75. The first-order valence-electron chi connectivity index (χ1n) is 8.83. The van der Waals surface area contributed by atoms with Crippen molar-refractivity contribution in [2.45, 2.75) is 31.7 Å². The number of ether oxygens (including phenoxy) is 1. The summed E-state index contributed by atoms with van der Waals surface area (Å²) in [5.41, 5.74) is 2.86. The number of carbonyl (C=O) groups excluding carboxylic acids is 1. The van der Waals surface area contributed by atoms with Crippen molar-refractivity contribution in [2.24, 2.45) is 0 Å². The molecule has 0 aliphatic rings. The molecule has 2 aromatic rings. The Morgan fingerprint density at radius 2 is 1.68 bits per heavy atom. The monoisotopic (exact) mass is 385 g/mol. The smallest absolute Gasteiger partial charge is 0.305 e. The molecule has 0 aliphatic heterocycles. The van der Waals surface area contributed by atoms with E-state index in [1.807, 2.05) is 48.5 Å². The molecule has 1 amide bonds. The third-order valence-corrected chi connectivity index (χ3v) is 4.19. The number of methoxy groups -OCH3 is 1. The number of aliphatic carboxylic acids is 2. The van der Waals surface area contributed by atoms with E-state index >= 15 is 0 Å². The second-order valence-corrected chi connectivity index (χ2v) is 6.39. The average Bonchev–Trinajstić information content (AvgIpc) is 2.66. The van der Waals surface area contributed by atoms with Gasteiger partial charge in [0.2, 0.25) is 5.91 Å². The van der Waals surface area contributed by atoms with Gasteiger partial charge < -0.3 is 20.3 Å². The number of benzene rings is 2. The lowest BCUT2D eigenvalue weighted by atomic mass is 9.99. The van der Waals surface area contributed by atoms with Gasteiger partial charge in [0.05, 0.1) is 20.0 Å². The molecule has 0 saturated carbocycles. The molecule has 148 valence electrons. The molecule has 2 rings (SSSR count). The Hall–Kier alpha value is -3.35. The molecule has 0 aliphatic carbocycles. The number of carbonyl (C=O) groups is 3. The predicted octanol–water partition coefficient (Wildman–Crippen LogP) is 2.73. The molecule has 7 heteroatoms. The fourth-order valence-electron chi connectivity index (χ4n) is 2.83. The van der Waals surface area contributed by atoms with Crippen molar-refractivity contribution in [3.63, 3.8) is 0 Å². The molecule has 0 radical (unpaired) electrons. The highest BCUT2D eigenvalue weighted by Gasteiger charge is 2.17. The number of nitrogens with one attached hydrogen (secondary N) is 1. The number of hydrogen-bond donors (Lipinski definition) is 3. The quantitative estimate of drug-likeness (QED) is 0.580. The van der Waals surface area contributed by atoms with Gasteiger partial charge in [-0.1, -0.05) is 36.4 Å². The molecule has 2 aromatic carbocycles. The van der Waals surface area contributed by atoms with E-state index < -0.39 is 23.9 Å². The molecule has 3 N–H and O–H groups in total. The van der Waals surface area contributed by atoms with Crippen LogP contribution < -0.4 is 10.1 Å². The lowest BCUT2D eigenvalue weighted by Gasteiger charge is -2.17. The summed E-state index contributed by atoms with van der Waals surface area (Å²) in [4.78, 5) is 33.5. The summed E-state index contributed by atoms with van der Waals surface area (Å²) >= 11 is 0. The molecule has 0 aromatic heterocycles. The maximum absolute atomic E-state index is 11.8. The van der Waals surface area contributed by atoms with Crippen LogP contribution in [0.2, 0.25) is 0 Å². The molecule has 0 spiro atoms. The standard InChI is InChI=1S/C21H23NO6/c1-28-18-4-2-3-16(12-18)15-7-5-14(6-8-15)11-17(13-21(26)27)22-19(23)9-10-20(24)25/h2-8,12,17H,9-11,13H2,1H3,(H,22,23)(H,24,25)(H,26,27)/t17-/m1/s1. The van der Waals surface area contributed by atoms with Gasteiger partial charge in [0.1, 0.15) is 5.75 Å². The highest BCUT2D eigenvalue weighted by atomic mass is 16.5. The van der Waals surface area contributed by atoms with Crippen LogP contribution in [0.4, 0.5) is 0 Å². The number of amides is 1. The Labute approximate surface area is 163 Å². The van der Waals surface area contributed by atoms with E-state index in [0.29, 0.717) is 6.42 Å². The molecule has 1 atom stereocenters. The first-order valence-corrected chi connectivity index (χ1v) is 8.83. The minimum atomic E-state index is -1.07. The van der Waals surface area contributed by atoms with E-state index in [9.17, 15) is 14.4 Å². The molecule has 7 nitrogen and oxygen atoms in total. The molecule has 0 unspecified atom stereocenters. The molecule has 0 bridgehead atoms. The topological polar surface area (TPSA) is 113 Å². The van der Waals surface area contributed by atoms with Crippen LogP contribution in [0.25, 0.3) is 11.1 Å². The first kappa shape index (κ1) is 21.0. The second-order valence-electron chi connectivity index (χ2n) is 6.39. The minimum absolute atomic E-state index is 0.180. The van der Waals surface area contributed by atoms with E-state index in [1.54, 1.807) is 7.11 Å². The zero-order valence-electron chi connectivity index (χ0n) is 15.6. The normalized spacial score (nSPS) is 11.5. The van der Waals surface area contributed by atoms with Gasteiger partial charge in [-0.2, -0.15) is 0 Å². The van der Waals surface area contributed by atoms with Crippen molar-refractivity contribution in [1.29, 1.82) is 0 Å². The van der Waals surface area contributed by atoms with Crippen LogP contribution in [0.3, 0.4) is 0 Å². The molecule has 0 fully saturated rings. The molecular weight excluding hydrogens is 362 g/mol. The van der Waals surface area contributed by atoms with Gasteiger partial charge >= 0.3 is 11.9 Å². The van der Waals surface area contributed by atoms with Crippen LogP contribution in [0.15, 0.2) is 48.5 Å². The predicted molar refractivity (Wildman–Crippen MR) is 103 cm³/mol. The summed E-state index contributed by atoms with van der Waals surface area (Å²) in [5, 5.41) is 20.3. The highest BCUT2D eigenvalue weighted by molar-refractivity contribution is 5.81. The Kier molecular flexibility index (Phi) is 7.56. The summed E-state index contributed by atoms with van der Waals surface area (Å²) < 4.78 is 5.23. The van der Waals surface area contributed by atoms with Crippen molar-refractivity contribution in [2.75, 3.05) is 7.11 Å². The Morgan fingerprint density at radius 1 is 0.964 bits per heavy atom. The maximum Gasteiger partial charge on any atom is 0.305 e. The van der Waals surface area contributed by atoms with Crippen LogP contribution in [0.5, 0.6) is 5.75 Å². The van der Waals surface area contributed by atoms with Crippen LogP contribution in [-0.4, -0.2) is 41.2 Å². The number of hydrogen-bond acceptors (Lipinski definition) is 4. The first-order chi connectivity index (χ1) is 13.4. The fourth-order valence-corrected chi connectivity index (χ4v) is 2.83. The summed E-state index contributed by atoms with van der Waals surface area (Å²) in [5.74, 6) is -1.82. The Morgan fingerprint density at radius 3 is 2.29 bits per heavy atom. The van der Waals surface area contributed by atoms with Crippen molar-refractivity contribution < 1.29 is 29.3 Å². The van der Waals surface area contributed by atoms with Crippen LogP contribution in [-0.2, 0) is 20.8 Å². The molecule has 0 heterocycles. The summed E-state index contributed by atoms with van der Waals surface area (Å²) in [6, 6.07) is 14.7. The fraction of sp³-hybridized carbons (Fsp3) is 0.286. The van der Waals surface area contributed by atoms with Gasteiger partial charge in [-0.3, -0.25) is 14.4 Å². The van der Waals surface area contributed by atoms with Crippen LogP contribution >= 0.6 is 0 Å². The lowest BCUT2D eigenvalue weighted by Crippen LogP contribution is -2.38. The van der Waals surface area contributed by atoms with Gasteiger partial charge in [-0.25, -0.2) is 0 Å². The van der Waals surface area contributed by atoms with Crippen LogP contribution in [0, 0.1) is 0 Å². The minimum Gasteiger partial charge on any atom is -0.497 e. The molecule has 0 saturated heterocycles. The Bertz CT molecular complexity index is 831. The van der Waals surface area contributed by atoms with Gasteiger partial charge in [0.25, 0.3) is 0 Å². The number of rotatable bonds is 10. The largest absolute Gasteiger partial charge is 0.497 e. The number of carboxylic acids is 2. The van der Waals surface area contributed by atoms with Crippen molar-refractivity contribution in [3.8, 4) is 16.9 Å². The third-order valence-electron chi connectivity index (χ3n) is 4.19. The maximum atomic E-state index is 11.8. The zero-order chi connectivity index (χ0) is 20.5. The van der Waals surface area contributed by atoms with Crippen LogP contribution in [0.1, 0.15) is 24.8 Å². The van der Waals surface area contributed by atoms with E-state index in [-0.39, 0.29) is 19.3 Å². The Balaban J connectivity index is 2.05. The average molecular weight is 385 g/mol. The summed E-state index contributed by atoms with van der Waals surface area (Å²) in [7, 11) is 1.61. The lowest BCUT2D eigenvalue weighted by molar-refractivity contribution is -0.140. The summed E-state index contributed by atoms with van der Waals surface area (Å²) in [6.45, 7) is 0. The van der Waals surface area contributed by atoms with E-state index in [4.69, 9.17) is 14.9 Å². The SMILES string of the molecule is COc1cccc(-c2ccc(C[C@H](CC(=O)O)NC(=O)CCC(=O)O)cc2)c1. The zero-order valence-corrected chi connectivity index (χ0v) is 15.6. The van der Waals surface area contributed by atoms with Gasteiger partial charge in [0, 0.05) is 12.5 Å². The van der Waals surface area contributed by atoms with Crippen molar-refractivity contribution >= 4 is 17.8 Å². The number of carboxylic acid groups (broad SMARTS) is 2.